The molecule has 11 heavy (non-hydrogen) atoms. The monoisotopic (exact) mass is 181 g/mol. The summed E-state index contributed by atoms with van der Waals surface area (Å²) in [5.74, 6) is 0.353. The molecule has 0 N–H and O–H groups in total. The van der Waals surface area contributed by atoms with Crippen LogP contribution in [0.3, 0.4) is 0 Å². The third kappa shape index (κ3) is 40.6. The molecule has 0 unspecified atom stereocenters. The van der Waals surface area contributed by atoms with Gasteiger partial charge in [-0.25, -0.2) is 8.42 Å². The third-order valence-electron chi connectivity index (χ3n) is 0.694. The summed E-state index contributed by atoms with van der Waals surface area (Å²) in [5.41, 5.74) is 0. The molecule has 3 nitrogen and oxygen atoms in total. The zero-order valence-corrected chi connectivity index (χ0v) is 8.73. The highest BCUT2D eigenvalue weighted by molar-refractivity contribution is 7.72. The molecule has 0 aliphatic rings. The zero-order chi connectivity index (χ0) is 9.28. The van der Waals surface area contributed by atoms with Crippen LogP contribution in [0.5, 0.6) is 0 Å². The van der Waals surface area contributed by atoms with Gasteiger partial charge in [-0.2, -0.15) is 0 Å². The van der Waals surface area contributed by atoms with Crippen LogP contribution in [0.25, 0.3) is 0 Å². The minimum absolute atomic E-state index is 0.353. The first-order valence-electron chi connectivity index (χ1n) is 3.73. The van der Waals surface area contributed by atoms with Crippen molar-refractivity contribution in [2.75, 3.05) is 26.9 Å². The SMILES string of the molecule is CCCC[SH](=O)=O.CN(C)C. The number of unbranched alkanes of at least 4 members (excludes halogenated alkanes) is 1. The maximum Gasteiger partial charge on any atom is 0.140 e. The molecule has 0 heterocycles. The topological polar surface area (TPSA) is 37.4 Å². The Balaban J connectivity index is 0. The molecule has 0 spiro atoms. The van der Waals surface area contributed by atoms with Crippen molar-refractivity contribution >= 4 is 10.7 Å². The standard InChI is InChI=1S/C4H10O2S.C3H9N/c1-2-3-4-7(5)6;1-4(2)3/h7H,2-4H2,1H3;1-3H3. The quantitative estimate of drug-likeness (QED) is 0.647. The van der Waals surface area contributed by atoms with Crippen LogP contribution in [0.4, 0.5) is 0 Å². The lowest BCUT2D eigenvalue weighted by Gasteiger charge is -1.90. The smallest absolute Gasteiger partial charge is 0.140 e. The van der Waals surface area contributed by atoms with Gasteiger partial charge in [-0.05, 0) is 27.6 Å². The average Bonchev–Trinajstić information content (AvgIpc) is 1.82. The van der Waals surface area contributed by atoms with E-state index in [9.17, 15) is 8.42 Å². The summed E-state index contributed by atoms with van der Waals surface area (Å²) in [6.07, 6.45) is 1.77. The number of hydrogen-bond donors (Lipinski definition) is 1. The lowest BCUT2D eigenvalue weighted by molar-refractivity contribution is 0.505. The van der Waals surface area contributed by atoms with Gasteiger partial charge in [0.1, 0.15) is 10.7 Å². The average molecular weight is 181 g/mol. The van der Waals surface area contributed by atoms with Gasteiger partial charge in [0.25, 0.3) is 0 Å². The summed E-state index contributed by atoms with van der Waals surface area (Å²) >= 11 is 0. The Bertz CT molecular complexity index is 122. The summed E-state index contributed by atoms with van der Waals surface area (Å²) < 4.78 is 19.6. The van der Waals surface area contributed by atoms with Crippen molar-refractivity contribution in [1.82, 2.24) is 4.90 Å². The summed E-state index contributed by atoms with van der Waals surface area (Å²) in [6, 6.07) is 0. The van der Waals surface area contributed by atoms with Gasteiger partial charge in [0, 0.05) is 5.75 Å². The molecule has 0 radical (unpaired) electrons. The fourth-order valence-corrected chi connectivity index (χ4v) is 0.862. The number of hydrogen-bond acceptors (Lipinski definition) is 3. The molecule has 0 saturated heterocycles. The molecule has 0 saturated carbocycles. The highest BCUT2D eigenvalue weighted by atomic mass is 32.2. The highest BCUT2D eigenvalue weighted by Gasteiger charge is 1.81. The molecule has 0 aromatic carbocycles. The Morgan fingerprint density at radius 3 is 1.64 bits per heavy atom. The van der Waals surface area contributed by atoms with Crippen LogP contribution in [0.15, 0.2) is 0 Å². The van der Waals surface area contributed by atoms with Gasteiger partial charge in [-0.15, -0.1) is 0 Å². The van der Waals surface area contributed by atoms with Gasteiger partial charge in [-0.1, -0.05) is 13.3 Å². The van der Waals surface area contributed by atoms with E-state index in [-0.39, 0.29) is 0 Å². The molecule has 0 rings (SSSR count). The number of rotatable bonds is 3. The van der Waals surface area contributed by atoms with Crippen LogP contribution in [0.2, 0.25) is 0 Å². The van der Waals surface area contributed by atoms with Gasteiger partial charge in [0.2, 0.25) is 0 Å². The summed E-state index contributed by atoms with van der Waals surface area (Å²) in [4.78, 5) is 2.00. The summed E-state index contributed by atoms with van der Waals surface area (Å²) in [6.45, 7) is 1.97. The Hall–Kier alpha value is -0.0900. The second-order valence-corrected chi connectivity index (χ2v) is 3.86. The fraction of sp³-hybridized carbons (Fsp3) is 1.00. The second kappa shape index (κ2) is 9.91. The number of thiol groups is 1. The summed E-state index contributed by atoms with van der Waals surface area (Å²) in [7, 11) is 3.89. The highest BCUT2D eigenvalue weighted by Crippen LogP contribution is 1.83. The van der Waals surface area contributed by atoms with Crippen molar-refractivity contribution in [3.8, 4) is 0 Å². The predicted molar refractivity (Wildman–Crippen MR) is 49.7 cm³/mol. The molecule has 0 atom stereocenters. The molecule has 0 bridgehead atoms. The molecular formula is C7H19NO2S. The molecule has 0 aromatic heterocycles. The molecule has 0 amide bonds. The van der Waals surface area contributed by atoms with Crippen molar-refractivity contribution in [2.45, 2.75) is 19.8 Å². The Labute approximate surface area is 71.4 Å². The van der Waals surface area contributed by atoms with Gasteiger partial charge in [0.15, 0.2) is 0 Å². The van der Waals surface area contributed by atoms with Crippen molar-refractivity contribution < 1.29 is 8.42 Å². The van der Waals surface area contributed by atoms with Crippen molar-refractivity contribution in [2.24, 2.45) is 0 Å². The van der Waals surface area contributed by atoms with E-state index >= 15 is 0 Å². The Morgan fingerprint density at radius 1 is 1.18 bits per heavy atom. The van der Waals surface area contributed by atoms with Crippen molar-refractivity contribution in [3.05, 3.63) is 0 Å². The lowest BCUT2D eigenvalue weighted by Crippen LogP contribution is -1.99. The Morgan fingerprint density at radius 2 is 1.55 bits per heavy atom. The van der Waals surface area contributed by atoms with E-state index in [1.165, 1.54) is 0 Å². The van der Waals surface area contributed by atoms with E-state index in [1.807, 2.05) is 33.0 Å². The molecule has 70 valence electrons. The molecular weight excluding hydrogens is 162 g/mol. The first-order chi connectivity index (χ1) is 5.00. The van der Waals surface area contributed by atoms with Gasteiger partial charge < -0.3 is 4.90 Å². The third-order valence-corrected chi connectivity index (χ3v) is 1.38. The first kappa shape index (κ1) is 13.5. The maximum atomic E-state index is 9.80. The Kier molecular flexibility index (Phi) is 12.2. The fourth-order valence-electron chi connectivity index (χ4n) is 0.287. The minimum Gasteiger partial charge on any atom is -0.312 e. The van der Waals surface area contributed by atoms with E-state index in [1.54, 1.807) is 0 Å². The van der Waals surface area contributed by atoms with Crippen LogP contribution in [-0.4, -0.2) is 40.2 Å². The van der Waals surface area contributed by atoms with Gasteiger partial charge >= 0.3 is 0 Å². The maximum absolute atomic E-state index is 9.80. The molecule has 0 aromatic rings. The van der Waals surface area contributed by atoms with Crippen LogP contribution < -0.4 is 0 Å². The zero-order valence-electron chi connectivity index (χ0n) is 7.83. The normalized spacial score (nSPS) is 9.64. The van der Waals surface area contributed by atoms with E-state index in [0.29, 0.717) is 5.75 Å². The molecule has 0 fully saturated rings. The first-order valence-corrected chi connectivity index (χ1v) is 5.09. The minimum atomic E-state index is -2.11. The van der Waals surface area contributed by atoms with Crippen molar-refractivity contribution in [1.29, 1.82) is 0 Å². The molecule has 4 heteroatoms. The number of nitrogens with zero attached hydrogens (tertiary/aromatic N) is 1. The van der Waals surface area contributed by atoms with Crippen LogP contribution >= 0.6 is 0 Å². The van der Waals surface area contributed by atoms with Crippen LogP contribution in [-0.2, 0) is 10.7 Å². The van der Waals surface area contributed by atoms with E-state index in [2.05, 4.69) is 0 Å². The van der Waals surface area contributed by atoms with Crippen molar-refractivity contribution in [3.63, 3.8) is 0 Å². The largest absolute Gasteiger partial charge is 0.312 e. The van der Waals surface area contributed by atoms with E-state index in [4.69, 9.17) is 0 Å². The van der Waals surface area contributed by atoms with E-state index in [0.717, 1.165) is 12.8 Å². The second-order valence-electron chi connectivity index (χ2n) is 2.75. The van der Waals surface area contributed by atoms with Crippen LogP contribution in [0.1, 0.15) is 19.8 Å². The van der Waals surface area contributed by atoms with Gasteiger partial charge in [-0.3, -0.25) is 0 Å². The molecule has 0 aliphatic carbocycles. The summed E-state index contributed by atoms with van der Waals surface area (Å²) in [5, 5.41) is 0. The predicted octanol–water partition coefficient (Wildman–Crippen LogP) is 0.576. The van der Waals surface area contributed by atoms with E-state index < -0.39 is 10.7 Å². The lowest BCUT2D eigenvalue weighted by atomic mass is 10.4. The van der Waals surface area contributed by atoms with Gasteiger partial charge in [0.05, 0.1) is 0 Å². The molecule has 0 aliphatic heterocycles. The van der Waals surface area contributed by atoms with Crippen LogP contribution in [0, 0.1) is 0 Å².